The Morgan fingerprint density at radius 3 is 2.60 bits per heavy atom. The van der Waals surface area contributed by atoms with Crippen LogP contribution in [0.25, 0.3) is 0 Å². The highest BCUT2D eigenvalue weighted by molar-refractivity contribution is 5.05. The van der Waals surface area contributed by atoms with Gasteiger partial charge in [0, 0.05) is 20.3 Å². The Balaban J connectivity index is 3.56. The summed E-state index contributed by atoms with van der Waals surface area (Å²) < 4.78 is 5.08. The zero-order valence-electron chi connectivity index (χ0n) is 6.92. The van der Waals surface area contributed by atoms with Gasteiger partial charge in [0.15, 0.2) is 0 Å². The maximum absolute atomic E-state index is 5.08. The van der Waals surface area contributed by atoms with Crippen LogP contribution in [0.3, 0.4) is 0 Å². The summed E-state index contributed by atoms with van der Waals surface area (Å²) in [4.78, 5) is 1.93. The van der Waals surface area contributed by atoms with Gasteiger partial charge in [0.1, 0.15) is 5.76 Å². The lowest BCUT2D eigenvalue weighted by Crippen LogP contribution is -2.00. The Morgan fingerprint density at radius 1 is 1.60 bits per heavy atom. The molecule has 0 saturated heterocycles. The highest BCUT2D eigenvalue weighted by Crippen LogP contribution is 1.94. The van der Waals surface area contributed by atoms with Crippen LogP contribution in [0.4, 0.5) is 0 Å². The van der Waals surface area contributed by atoms with E-state index in [1.54, 1.807) is 0 Å². The van der Waals surface area contributed by atoms with Crippen LogP contribution >= 0.6 is 0 Å². The van der Waals surface area contributed by atoms with E-state index in [1.165, 1.54) is 0 Å². The summed E-state index contributed by atoms with van der Waals surface area (Å²) in [6.45, 7) is 6.30. The average molecular weight is 141 g/mol. The Labute approximate surface area is 62.8 Å². The predicted octanol–water partition coefficient (Wildman–Crippen LogP) is 1.61. The topological polar surface area (TPSA) is 12.5 Å². The second kappa shape index (κ2) is 4.91. The lowest BCUT2D eigenvalue weighted by Gasteiger charge is -2.04. The van der Waals surface area contributed by atoms with Crippen molar-refractivity contribution in [1.29, 1.82) is 0 Å². The fourth-order valence-corrected chi connectivity index (χ4v) is 0.466. The second-order valence-electron chi connectivity index (χ2n) is 2.18. The van der Waals surface area contributed by atoms with E-state index in [-0.39, 0.29) is 0 Å². The molecule has 0 bridgehead atoms. The largest absolute Gasteiger partial charge is 0.494 e. The van der Waals surface area contributed by atoms with Crippen molar-refractivity contribution in [2.45, 2.75) is 6.92 Å². The summed E-state index contributed by atoms with van der Waals surface area (Å²) in [6.07, 6.45) is 3.74. The number of allylic oxidation sites excluding steroid dienone is 1. The van der Waals surface area contributed by atoms with E-state index in [9.17, 15) is 0 Å². The van der Waals surface area contributed by atoms with E-state index < -0.39 is 0 Å². The number of ether oxygens (including phenoxy) is 1. The number of hydrogen-bond donors (Lipinski definition) is 0. The van der Waals surface area contributed by atoms with Gasteiger partial charge in [0.2, 0.25) is 0 Å². The van der Waals surface area contributed by atoms with Gasteiger partial charge in [-0.25, -0.2) is 0 Å². The molecule has 0 aromatic heterocycles. The maximum atomic E-state index is 5.08. The molecule has 0 aliphatic heterocycles. The van der Waals surface area contributed by atoms with Crippen molar-refractivity contribution in [1.82, 2.24) is 4.90 Å². The first-order valence-electron chi connectivity index (χ1n) is 3.33. The van der Waals surface area contributed by atoms with Crippen molar-refractivity contribution < 1.29 is 4.74 Å². The molecule has 0 spiro atoms. The van der Waals surface area contributed by atoms with Crippen molar-refractivity contribution in [2.75, 3.05) is 20.7 Å². The van der Waals surface area contributed by atoms with Gasteiger partial charge in [0.25, 0.3) is 0 Å². The zero-order valence-corrected chi connectivity index (χ0v) is 6.92. The van der Waals surface area contributed by atoms with Gasteiger partial charge in [-0.3, -0.25) is 0 Å². The van der Waals surface area contributed by atoms with Crippen LogP contribution in [-0.4, -0.2) is 25.6 Å². The molecule has 0 aliphatic carbocycles. The standard InChI is InChI=1S/C8H15NO/c1-5-10-8(2)6-7-9(3)4/h6-7H,2,5H2,1,3-4H3/b7-6+. The Kier molecular flexibility index (Phi) is 4.46. The fraction of sp³-hybridized carbons (Fsp3) is 0.500. The van der Waals surface area contributed by atoms with Gasteiger partial charge < -0.3 is 9.64 Å². The van der Waals surface area contributed by atoms with Gasteiger partial charge in [-0.05, 0) is 13.0 Å². The van der Waals surface area contributed by atoms with Crippen molar-refractivity contribution >= 4 is 0 Å². The van der Waals surface area contributed by atoms with Crippen molar-refractivity contribution in [3.05, 3.63) is 24.6 Å². The summed E-state index contributed by atoms with van der Waals surface area (Å²) in [5.41, 5.74) is 0. The highest BCUT2D eigenvalue weighted by Gasteiger charge is 1.83. The Hall–Kier alpha value is -0.920. The molecule has 0 atom stereocenters. The number of nitrogens with zero attached hydrogens (tertiary/aromatic N) is 1. The number of rotatable bonds is 4. The van der Waals surface area contributed by atoms with Crippen LogP contribution in [0.15, 0.2) is 24.6 Å². The van der Waals surface area contributed by atoms with Crippen molar-refractivity contribution in [3.63, 3.8) is 0 Å². The van der Waals surface area contributed by atoms with Gasteiger partial charge in [0.05, 0.1) is 6.61 Å². The molecule has 0 rings (SSSR count). The second-order valence-corrected chi connectivity index (χ2v) is 2.18. The van der Waals surface area contributed by atoms with E-state index in [4.69, 9.17) is 4.74 Å². The first kappa shape index (κ1) is 9.08. The van der Waals surface area contributed by atoms with Crippen LogP contribution in [0.5, 0.6) is 0 Å². The minimum Gasteiger partial charge on any atom is -0.494 e. The molecule has 0 radical (unpaired) electrons. The molecular formula is C8H15NO. The van der Waals surface area contributed by atoms with Crippen LogP contribution in [0.2, 0.25) is 0 Å². The maximum Gasteiger partial charge on any atom is 0.113 e. The quantitative estimate of drug-likeness (QED) is 0.435. The SMILES string of the molecule is C=C(/C=C/N(C)C)OCC. The average Bonchev–Trinajstić information content (AvgIpc) is 1.85. The summed E-state index contributed by atoms with van der Waals surface area (Å²) in [5.74, 6) is 0.705. The first-order chi connectivity index (χ1) is 4.66. The van der Waals surface area contributed by atoms with E-state index in [1.807, 2.05) is 38.2 Å². The summed E-state index contributed by atoms with van der Waals surface area (Å²) >= 11 is 0. The van der Waals surface area contributed by atoms with E-state index in [2.05, 4.69) is 6.58 Å². The zero-order chi connectivity index (χ0) is 7.98. The third-order valence-electron chi connectivity index (χ3n) is 0.888. The molecule has 0 saturated carbocycles. The molecule has 0 aliphatic rings. The van der Waals surface area contributed by atoms with Crippen LogP contribution < -0.4 is 0 Å². The first-order valence-corrected chi connectivity index (χ1v) is 3.33. The smallest absolute Gasteiger partial charge is 0.113 e. The summed E-state index contributed by atoms with van der Waals surface area (Å²) in [5, 5.41) is 0. The third kappa shape index (κ3) is 5.22. The molecule has 2 nitrogen and oxygen atoms in total. The normalized spacial score (nSPS) is 9.90. The third-order valence-corrected chi connectivity index (χ3v) is 0.888. The van der Waals surface area contributed by atoms with Crippen LogP contribution in [0.1, 0.15) is 6.92 Å². The van der Waals surface area contributed by atoms with Crippen molar-refractivity contribution in [3.8, 4) is 0 Å². The summed E-state index contributed by atoms with van der Waals surface area (Å²) in [6, 6.07) is 0. The Bertz CT molecular complexity index is 127. The monoisotopic (exact) mass is 141 g/mol. The van der Waals surface area contributed by atoms with E-state index in [0.717, 1.165) is 0 Å². The molecule has 0 aromatic carbocycles. The Morgan fingerprint density at radius 2 is 2.20 bits per heavy atom. The van der Waals surface area contributed by atoms with Crippen molar-refractivity contribution in [2.24, 2.45) is 0 Å². The van der Waals surface area contributed by atoms with Crippen LogP contribution in [0, 0.1) is 0 Å². The lowest BCUT2D eigenvalue weighted by atomic mass is 10.5. The predicted molar refractivity (Wildman–Crippen MR) is 43.6 cm³/mol. The van der Waals surface area contributed by atoms with Gasteiger partial charge in [-0.1, -0.05) is 6.58 Å². The highest BCUT2D eigenvalue weighted by atomic mass is 16.5. The molecule has 58 valence electrons. The minimum atomic E-state index is 0.677. The molecular weight excluding hydrogens is 126 g/mol. The molecule has 0 fully saturated rings. The van der Waals surface area contributed by atoms with E-state index >= 15 is 0 Å². The van der Waals surface area contributed by atoms with Gasteiger partial charge in [-0.2, -0.15) is 0 Å². The molecule has 0 heterocycles. The van der Waals surface area contributed by atoms with Gasteiger partial charge in [-0.15, -0.1) is 0 Å². The fourth-order valence-electron chi connectivity index (χ4n) is 0.466. The van der Waals surface area contributed by atoms with Crippen LogP contribution in [-0.2, 0) is 4.74 Å². The molecule has 0 aromatic rings. The lowest BCUT2D eigenvalue weighted by molar-refractivity contribution is 0.243. The minimum absolute atomic E-state index is 0.677. The molecule has 2 heteroatoms. The summed E-state index contributed by atoms with van der Waals surface area (Å²) in [7, 11) is 3.91. The van der Waals surface area contributed by atoms with Gasteiger partial charge >= 0.3 is 0 Å². The molecule has 0 unspecified atom stereocenters. The molecule has 0 amide bonds. The molecule has 10 heavy (non-hydrogen) atoms. The number of hydrogen-bond acceptors (Lipinski definition) is 2. The van der Waals surface area contributed by atoms with E-state index in [0.29, 0.717) is 12.4 Å². The molecule has 0 N–H and O–H groups in total.